The summed E-state index contributed by atoms with van der Waals surface area (Å²) in [5.41, 5.74) is 10.3. The van der Waals surface area contributed by atoms with Gasteiger partial charge >= 0.3 is 0 Å². The number of anilines is 2. The van der Waals surface area contributed by atoms with Crippen LogP contribution in [0.25, 0.3) is 0 Å². The molecule has 2 nitrogen and oxygen atoms in total. The minimum atomic E-state index is 0.634. The van der Waals surface area contributed by atoms with E-state index >= 15 is 0 Å². The Bertz CT molecular complexity index is 316. The standard InChI is InChI=1S/C12H20N2/c1-8(2)7-14-11-6-9(3)5-10(4)12(11)13/h5-6,8,14H,7,13H2,1-4H3. The van der Waals surface area contributed by atoms with Crippen LogP contribution < -0.4 is 11.1 Å². The van der Waals surface area contributed by atoms with Gasteiger partial charge in [-0.2, -0.15) is 0 Å². The van der Waals surface area contributed by atoms with Crippen molar-refractivity contribution in [2.75, 3.05) is 17.6 Å². The molecule has 14 heavy (non-hydrogen) atoms. The van der Waals surface area contributed by atoms with E-state index in [2.05, 4.69) is 38.2 Å². The van der Waals surface area contributed by atoms with Crippen molar-refractivity contribution in [1.82, 2.24) is 0 Å². The maximum atomic E-state index is 5.98. The Morgan fingerprint density at radius 1 is 1.29 bits per heavy atom. The Hall–Kier alpha value is -1.18. The number of hydrogen-bond acceptors (Lipinski definition) is 2. The second-order valence-corrected chi connectivity index (χ2v) is 4.32. The summed E-state index contributed by atoms with van der Waals surface area (Å²) in [5.74, 6) is 0.634. The predicted molar refractivity (Wildman–Crippen MR) is 63.7 cm³/mol. The molecule has 2 heteroatoms. The van der Waals surface area contributed by atoms with Gasteiger partial charge in [-0.15, -0.1) is 0 Å². The molecule has 0 spiro atoms. The maximum Gasteiger partial charge on any atom is 0.0579 e. The van der Waals surface area contributed by atoms with Crippen molar-refractivity contribution in [3.05, 3.63) is 23.3 Å². The van der Waals surface area contributed by atoms with Crippen molar-refractivity contribution in [1.29, 1.82) is 0 Å². The number of aryl methyl sites for hydroxylation is 2. The molecule has 0 aromatic heterocycles. The third-order valence-electron chi connectivity index (χ3n) is 2.23. The summed E-state index contributed by atoms with van der Waals surface area (Å²) in [7, 11) is 0. The number of rotatable bonds is 3. The van der Waals surface area contributed by atoms with E-state index in [1.165, 1.54) is 5.56 Å². The van der Waals surface area contributed by atoms with Gasteiger partial charge in [0.2, 0.25) is 0 Å². The number of benzene rings is 1. The smallest absolute Gasteiger partial charge is 0.0579 e. The fourth-order valence-corrected chi connectivity index (χ4v) is 1.44. The molecule has 0 aliphatic rings. The summed E-state index contributed by atoms with van der Waals surface area (Å²) in [6, 6.07) is 4.21. The van der Waals surface area contributed by atoms with Gasteiger partial charge in [0.05, 0.1) is 11.4 Å². The van der Waals surface area contributed by atoms with Crippen LogP contribution in [-0.2, 0) is 0 Å². The van der Waals surface area contributed by atoms with Crippen LogP contribution in [0.1, 0.15) is 25.0 Å². The van der Waals surface area contributed by atoms with Crippen LogP contribution in [0.3, 0.4) is 0 Å². The van der Waals surface area contributed by atoms with Gasteiger partial charge < -0.3 is 11.1 Å². The van der Waals surface area contributed by atoms with E-state index in [0.29, 0.717) is 5.92 Å². The van der Waals surface area contributed by atoms with Gasteiger partial charge in [0.1, 0.15) is 0 Å². The summed E-state index contributed by atoms with van der Waals surface area (Å²) in [4.78, 5) is 0. The van der Waals surface area contributed by atoms with E-state index in [4.69, 9.17) is 5.73 Å². The third-order valence-corrected chi connectivity index (χ3v) is 2.23. The zero-order valence-corrected chi connectivity index (χ0v) is 9.52. The van der Waals surface area contributed by atoms with E-state index in [1.54, 1.807) is 0 Å². The van der Waals surface area contributed by atoms with E-state index in [0.717, 1.165) is 23.5 Å². The first-order chi connectivity index (χ1) is 6.50. The van der Waals surface area contributed by atoms with Crippen LogP contribution in [0.2, 0.25) is 0 Å². The molecule has 0 radical (unpaired) electrons. The van der Waals surface area contributed by atoms with Crippen molar-refractivity contribution in [2.24, 2.45) is 5.92 Å². The van der Waals surface area contributed by atoms with Crippen molar-refractivity contribution < 1.29 is 0 Å². The summed E-state index contributed by atoms with van der Waals surface area (Å²) in [6.45, 7) is 9.47. The average molecular weight is 192 g/mol. The number of nitrogens with two attached hydrogens (primary N) is 1. The lowest BCUT2D eigenvalue weighted by Crippen LogP contribution is -2.10. The summed E-state index contributed by atoms with van der Waals surface area (Å²) in [5, 5.41) is 3.37. The van der Waals surface area contributed by atoms with E-state index in [1.807, 2.05) is 6.92 Å². The van der Waals surface area contributed by atoms with Crippen molar-refractivity contribution in [2.45, 2.75) is 27.7 Å². The monoisotopic (exact) mass is 192 g/mol. The Morgan fingerprint density at radius 3 is 2.50 bits per heavy atom. The Kier molecular flexibility index (Phi) is 3.39. The summed E-state index contributed by atoms with van der Waals surface area (Å²) < 4.78 is 0. The van der Waals surface area contributed by atoms with Crippen LogP contribution in [0.5, 0.6) is 0 Å². The molecule has 0 fully saturated rings. The van der Waals surface area contributed by atoms with E-state index in [9.17, 15) is 0 Å². The van der Waals surface area contributed by atoms with Crippen LogP contribution in [0.15, 0.2) is 12.1 Å². The Balaban J connectivity index is 2.85. The second kappa shape index (κ2) is 4.36. The average Bonchev–Trinajstić information content (AvgIpc) is 2.08. The fourth-order valence-electron chi connectivity index (χ4n) is 1.44. The molecule has 0 saturated heterocycles. The highest BCUT2D eigenvalue weighted by molar-refractivity contribution is 5.70. The lowest BCUT2D eigenvalue weighted by Gasteiger charge is -2.14. The fraction of sp³-hybridized carbons (Fsp3) is 0.500. The SMILES string of the molecule is Cc1cc(C)c(N)c(NCC(C)C)c1. The van der Waals surface area contributed by atoms with Gasteiger partial charge in [-0.05, 0) is 37.0 Å². The highest BCUT2D eigenvalue weighted by Crippen LogP contribution is 2.24. The number of hydrogen-bond donors (Lipinski definition) is 2. The molecule has 0 bridgehead atoms. The van der Waals surface area contributed by atoms with Crippen molar-refractivity contribution in [3.8, 4) is 0 Å². The molecular weight excluding hydrogens is 172 g/mol. The minimum Gasteiger partial charge on any atom is -0.397 e. The Morgan fingerprint density at radius 2 is 1.93 bits per heavy atom. The molecule has 0 unspecified atom stereocenters. The Labute approximate surface area is 86.5 Å². The van der Waals surface area contributed by atoms with Gasteiger partial charge in [0.25, 0.3) is 0 Å². The molecule has 0 aliphatic heterocycles. The molecule has 3 N–H and O–H groups in total. The molecule has 0 atom stereocenters. The van der Waals surface area contributed by atoms with Crippen molar-refractivity contribution in [3.63, 3.8) is 0 Å². The van der Waals surface area contributed by atoms with E-state index in [-0.39, 0.29) is 0 Å². The molecule has 1 rings (SSSR count). The predicted octanol–water partition coefficient (Wildman–Crippen LogP) is 2.95. The third kappa shape index (κ3) is 2.66. The zero-order chi connectivity index (χ0) is 10.7. The molecule has 78 valence electrons. The van der Waals surface area contributed by atoms with Gasteiger partial charge in [-0.1, -0.05) is 19.9 Å². The molecule has 1 aromatic rings. The molecule has 0 aliphatic carbocycles. The quantitative estimate of drug-likeness (QED) is 0.723. The largest absolute Gasteiger partial charge is 0.397 e. The number of nitrogens with one attached hydrogen (secondary N) is 1. The summed E-state index contributed by atoms with van der Waals surface area (Å²) in [6.07, 6.45) is 0. The van der Waals surface area contributed by atoms with Crippen LogP contribution >= 0.6 is 0 Å². The van der Waals surface area contributed by atoms with Gasteiger partial charge in [-0.25, -0.2) is 0 Å². The van der Waals surface area contributed by atoms with Gasteiger partial charge in [0, 0.05) is 6.54 Å². The highest BCUT2D eigenvalue weighted by Gasteiger charge is 2.03. The van der Waals surface area contributed by atoms with Crippen LogP contribution in [-0.4, -0.2) is 6.54 Å². The molecule has 0 amide bonds. The van der Waals surface area contributed by atoms with Gasteiger partial charge in [0.15, 0.2) is 0 Å². The van der Waals surface area contributed by atoms with Crippen molar-refractivity contribution >= 4 is 11.4 Å². The first kappa shape index (κ1) is 10.9. The molecule has 0 heterocycles. The molecule has 1 aromatic carbocycles. The zero-order valence-electron chi connectivity index (χ0n) is 9.52. The first-order valence-corrected chi connectivity index (χ1v) is 5.11. The van der Waals surface area contributed by atoms with Gasteiger partial charge in [-0.3, -0.25) is 0 Å². The lowest BCUT2D eigenvalue weighted by atomic mass is 10.1. The molecular formula is C12H20N2. The topological polar surface area (TPSA) is 38.0 Å². The highest BCUT2D eigenvalue weighted by atomic mass is 14.9. The maximum absolute atomic E-state index is 5.98. The second-order valence-electron chi connectivity index (χ2n) is 4.32. The molecule has 0 saturated carbocycles. The normalized spacial score (nSPS) is 10.6. The minimum absolute atomic E-state index is 0.634. The number of nitrogen functional groups attached to an aromatic ring is 1. The van der Waals surface area contributed by atoms with Crippen LogP contribution in [0, 0.1) is 19.8 Å². The van der Waals surface area contributed by atoms with Crippen LogP contribution in [0.4, 0.5) is 11.4 Å². The first-order valence-electron chi connectivity index (χ1n) is 5.11. The summed E-state index contributed by atoms with van der Waals surface area (Å²) >= 11 is 0. The van der Waals surface area contributed by atoms with E-state index < -0.39 is 0 Å². The lowest BCUT2D eigenvalue weighted by molar-refractivity contribution is 0.689.